The van der Waals surface area contributed by atoms with Crippen molar-refractivity contribution >= 4 is 17.5 Å². The van der Waals surface area contributed by atoms with Gasteiger partial charge in [-0.05, 0) is 84.6 Å². The summed E-state index contributed by atoms with van der Waals surface area (Å²) in [6.07, 6.45) is 4.89. The van der Waals surface area contributed by atoms with E-state index in [1.165, 1.54) is 12.1 Å². The van der Waals surface area contributed by atoms with Crippen LogP contribution in [0.5, 0.6) is 0 Å². The van der Waals surface area contributed by atoms with Crippen LogP contribution in [-0.2, 0) is 6.54 Å². The lowest BCUT2D eigenvalue weighted by atomic mass is 9.92. The lowest BCUT2D eigenvalue weighted by molar-refractivity contribution is 0.0963. The summed E-state index contributed by atoms with van der Waals surface area (Å²) in [7, 11) is 1.59. The molecular weight excluding hydrogens is 465 g/mol. The third kappa shape index (κ3) is 5.11. The van der Waals surface area contributed by atoms with E-state index in [0.717, 1.165) is 53.2 Å². The number of nitrogens with one attached hydrogen (secondary N) is 2. The fourth-order valence-corrected chi connectivity index (χ4v) is 4.77. The van der Waals surface area contributed by atoms with E-state index in [2.05, 4.69) is 10.6 Å². The Morgan fingerprint density at radius 2 is 2.00 bits per heavy atom. The third-order valence-corrected chi connectivity index (χ3v) is 6.50. The van der Waals surface area contributed by atoms with E-state index in [-0.39, 0.29) is 11.7 Å². The lowest BCUT2D eigenvalue weighted by Crippen LogP contribution is -2.18. The Kier molecular flexibility index (Phi) is 6.61. The van der Waals surface area contributed by atoms with Gasteiger partial charge in [0.15, 0.2) is 0 Å². The number of benzene rings is 2. The molecule has 1 fully saturated rings. The van der Waals surface area contributed by atoms with Crippen molar-refractivity contribution < 1.29 is 9.18 Å². The number of aromatic nitrogens is 3. The molecule has 5 rings (SSSR count). The molecule has 2 aromatic carbocycles. The van der Waals surface area contributed by atoms with E-state index >= 15 is 0 Å². The number of carbonyl (C=O) groups is 1. The molecule has 1 amide bonds. The molecule has 1 unspecified atom stereocenters. The van der Waals surface area contributed by atoms with Crippen LogP contribution in [0.3, 0.4) is 0 Å². The van der Waals surface area contributed by atoms with Crippen LogP contribution in [0, 0.1) is 5.82 Å². The number of hydrogen-bond donors (Lipinski definition) is 2. The van der Waals surface area contributed by atoms with E-state index in [1.807, 2.05) is 41.3 Å². The zero-order chi connectivity index (χ0) is 24.4. The van der Waals surface area contributed by atoms with Crippen molar-refractivity contribution in [2.75, 3.05) is 20.1 Å². The predicted molar refractivity (Wildman–Crippen MR) is 135 cm³/mol. The quantitative estimate of drug-likeness (QED) is 0.404. The monoisotopic (exact) mass is 489 g/mol. The molecule has 1 saturated heterocycles. The molecule has 1 aliphatic heterocycles. The van der Waals surface area contributed by atoms with Crippen LogP contribution in [0.25, 0.3) is 22.5 Å². The SMILES string of the molecule is CNC(=O)c1cc(Cl)cc(Cn2ccc(-c3cc(-c4ccc(F)cc4)ncc3C3CCNC3)n2)c1. The third-order valence-electron chi connectivity index (χ3n) is 6.28. The molecule has 6 nitrogen and oxygen atoms in total. The number of pyridine rings is 1. The zero-order valence-corrected chi connectivity index (χ0v) is 20.0. The molecule has 35 heavy (non-hydrogen) atoms. The van der Waals surface area contributed by atoms with Crippen LogP contribution in [0.2, 0.25) is 5.02 Å². The second-order valence-corrected chi connectivity index (χ2v) is 9.12. The van der Waals surface area contributed by atoms with Crippen LogP contribution >= 0.6 is 11.6 Å². The number of nitrogens with zero attached hydrogens (tertiary/aromatic N) is 3. The molecule has 4 aromatic rings. The summed E-state index contributed by atoms with van der Waals surface area (Å²) >= 11 is 6.25. The second-order valence-electron chi connectivity index (χ2n) is 8.68. The standard InChI is InChI=1S/C27H25ClFN5O/c1-30-27(35)20-10-17(11-21(28)12-20)16-34-9-7-25(33-34)23-13-26(18-2-4-22(29)5-3-18)32-15-24(23)19-6-8-31-14-19/h2-5,7,9-13,15,19,31H,6,8,14,16H2,1H3,(H,30,35). The number of carbonyl (C=O) groups excluding carboxylic acids is 1. The molecule has 0 aliphatic carbocycles. The molecule has 0 radical (unpaired) electrons. The number of amides is 1. The van der Waals surface area contributed by atoms with Crippen molar-refractivity contribution in [1.29, 1.82) is 0 Å². The largest absolute Gasteiger partial charge is 0.355 e. The molecule has 0 bridgehead atoms. The Balaban J connectivity index is 1.49. The van der Waals surface area contributed by atoms with Crippen LogP contribution in [0.1, 0.15) is 33.8 Å². The average Bonchev–Trinajstić information content (AvgIpc) is 3.56. The Morgan fingerprint density at radius 3 is 2.74 bits per heavy atom. The Morgan fingerprint density at radius 1 is 1.17 bits per heavy atom. The lowest BCUT2D eigenvalue weighted by Gasteiger charge is -2.15. The molecule has 3 heterocycles. The minimum absolute atomic E-state index is 0.185. The molecule has 178 valence electrons. The summed E-state index contributed by atoms with van der Waals surface area (Å²) < 4.78 is 15.3. The minimum atomic E-state index is -0.276. The van der Waals surface area contributed by atoms with Gasteiger partial charge in [0.25, 0.3) is 5.91 Å². The van der Waals surface area contributed by atoms with Crippen molar-refractivity contribution in [3.63, 3.8) is 0 Å². The van der Waals surface area contributed by atoms with Crippen molar-refractivity contribution in [2.24, 2.45) is 0 Å². The van der Waals surface area contributed by atoms with Crippen LogP contribution in [0.15, 0.2) is 67.0 Å². The first-order valence-electron chi connectivity index (χ1n) is 11.5. The normalized spacial score (nSPS) is 15.3. The summed E-state index contributed by atoms with van der Waals surface area (Å²) in [5.74, 6) is -0.107. The number of hydrogen-bond acceptors (Lipinski definition) is 4. The number of rotatable bonds is 6. The maximum absolute atomic E-state index is 13.4. The fraction of sp³-hybridized carbons (Fsp3) is 0.222. The van der Waals surface area contributed by atoms with E-state index in [4.69, 9.17) is 21.7 Å². The zero-order valence-electron chi connectivity index (χ0n) is 19.3. The van der Waals surface area contributed by atoms with Crippen molar-refractivity contribution in [1.82, 2.24) is 25.4 Å². The first-order chi connectivity index (χ1) is 17.0. The molecule has 0 saturated carbocycles. The van der Waals surface area contributed by atoms with Gasteiger partial charge < -0.3 is 10.6 Å². The smallest absolute Gasteiger partial charge is 0.251 e. The second kappa shape index (κ2) is 9.98. The molecular formula is C27H25ClFN5O. The van der Waals surface area contributed by atoms with Crippen molar-refractivity contribution in [3.05, 3.63) is 94.5 Å². The van der Waals surface area contributed by atoms with Gasteiger partial charge >= 0.3 is 0 Å². The van der Waals surface area contributed by atoms with Gasteiger partial charge in [0.05, 0.1) is 17.9 Å². The van der Waals surface area contributed by atoms with Gasteiger partial charge in [0.1, 0.15) is 5.82 Å². The fourth-order valence-electron chi connectivity index (χ4n) is 4.51. The van der Waals surface area contributed by atoms with E-state index < -0.39 is 0 Å². The van der Waals surface area contributed by atoms with Crippen LogP contribution in [-0.4, -0.2) is 40.8 Å². The molecule has 0 spiro atoms. The van der Waals surface area contributed by atoms with Gasteiger partial charge in [0, 0.05) is 47.7 Å². The Bertz CT molecular complexity index is 1360. The highest BCUT2D eigenvalue weighted by molar-refractivity contribution is 6.31. The number of halogens is 2. The highest BCUT2D eigenvalue weighted by atomic mass is 35.5. The van der Waals surface area contributed by atoms with E-state index in [1.54, 1.807) is 25.2 Å². The summed E-state index contributed by atoms with van der Waals surface area (Å²) in [6.45, 7) is 2.34. The van der Waals surface area contributed by atoms with E-state index in [9.17, 15) is 9.18 Å². The minimum Gasteiger partial charge on any atom is -0.355 e. The Hall–Kier alpha value is -3.55. The summed E-state index contributed by atoms with van der Waals surface area (Å²) in [6, 6.07) is 15.7. The molecule has 8 heteroatoms. The van der Waals surface area contributed by atoms with Crippen molar-refractivity contribution in [3.8, 4) is 22.5 Å². The topological polar surface area (TPSA) is 71.8 Å². The first kappa shape index (κ1) is 23.2. The maximum atomic E-state index is 13.4. The van der Waals surface area contributed by atoms with Gasteiger partial charge in [0.2, 0.25) is 0 Å². The summed E-state index contributed by atoms with van der Waals surface area (Å²) in [5, 5.41) is 11.4. The van der Waals surface area contributed by atoms with Gasteiger partial charge in [-0.2, -0.15) is 5.10 Å². The molecule has 1 aliphatic rings. The van der Waals surface area contributed by atoms with Gasteiger partial charge in [-0.3, -0.25) is 14.5 Å². The van der Waals surface area contributed by atoms with Gasteiger partial charge in [-0.15, -0.1) is 0 Å². The van der Waals surface area contributed by atoms with Crippen LogP contribution < -0.4 is 10.6 Å². The molecule has 2 N–H and O–H groups in total. The predicted octanol–water partition coefficient (Wildman–Crippen LogP) is 4.89. The summed E-state index contributed by atoms with van der Waals surface area (Å²) in [5.41, 5.74) is 6.02. The van der Waals surface area contributed by atoms with Gasteiger partial charge in [-0.1, -0.05) is 11.6 Å². The van der Waals surface area contributed by atoms with Crippen LogP contribution in [0.4, 0.5) is 4.39 Å². The maximum Gasteiger partial charge on any atom is 0.251 e. The van der Waals surface area contributed by atoms with E-state index in [0.29, 0.717) is 23.0 Å². The molecule has 2 aromatic heterocycles. The average molecular weight is 490 g/mol. The highest BCUT2D eigenvalue weighted by Gasteiger charge is 2.22. The van der Waals surface area contributed by atoms with Crippen molar-refractivity contribution in [2.45, 2.75) is 18.9 Å². The highest BCUT2D eigenvalue weighted by Crippen LogP contribution is 2.34. The summed E-state index contributed by atoms with van der Waals surface area (Å²) in [4.78, 5) is 16.8. The first-order valence-corrected chi connectivity index (χ1v) is 11.9. The molecule has 1 atom stereocenters. The van der Waals surface area contributed by atoms with Gasteiger partial charge in [-0.25, -0.2) is 4.39 Å². The Labute approximate surface area is 208 Å².